The molecule has 0 spiro atoms. The summed E-state index contributed by atoms with van der Waals surface area (Å²) in [6, 6.07) is 24.8. The van der Waals surface area contributed by atoms with Gasteiger partial charge in [0, 0.05) is 38.5 Å². The van der Waals surface area contributed by atoms with E-state index in [4.69, 9.17) is 28.9 Å². The van der Waals surface area contributed by atoms with Crippen LogP contribution in [0.5, 0.6) is 0 Å². The summed E-state index contributed by atoms with van der Waals surface area (Å²) in [5.41, 5.74) is 13.4. The smallest absolute Gasteiger partial charge is 0.249 e. The fourth-order valence-corrected chi connectivity index (χ4v) is 5.22. The van der Waals surface area contributed by atoms with Crippen molar-refractivity contribution in [1.82, 2.24) is 4.57 Å². The minimum absolute atomic E-state index is 0.460. The highest BCUT2D eigenvalue weighted by molar-refractivity contribution is 6.39. The lowest BCUT2D eigenvalue weighted by Crippen LogP contribution is -2.11. The van der Waals surface area contributed by atoms with Gasteiger partial charge in [0.1, 0.15) is 0 Å². The van der Waals surface area contributed by atoms with E-state index >= 15 is 0 Å². The molecular weight excluding hydrogens is 451 g/mol. The van der Waals surface area contributed by atoms with Gasteiger partial charge in [-0.25, -0.2) is 0 Å². The average molecular weight is 472 g/mol. The summed E-state index contributed by atoms with van der Waals surface area (Å²) in [6.45, 7) is 4.88. The molecule has 1 amide bonds. The third-order valence-electron chi connectivity index (χ3n) is 6.27. The van der Waals surface area contributed by atoms with Crippen LogP contribution in [0.1, 0.15) is 27.0 Å². The van der Waals surface area contributed by atoms with Gasteiger partial charge in [0.25, 0.3) is 0 Å². The number of aryl methyl sites for hydroxylation is 2. The van der Waals surface area contributed by atoms with Crippen molar-refractivity contribution in [3.05, 3.63) is 105 Å². The van der Waals surface area contributed by atoms with E-state index in [2.05, 4.69) is 48.7 Å². The van der Waals surface area contributed by atoms with Crippen LogP contribution in [0.2, 0.25) is 10.0 Å². The maximum Gasteiger partial charge on any atom is 0.249 e. The first-order valence-corrected chi connectivity index (χ1v) is 11.4. The van der Waals surface area contributed by atoms with Crippen LogP contribution in [-0.4, -0.2) is 10.5 Å². The molecule has 5 heteroatoms. The quantitative estimate of drug-likeness (QED) is 0.292. The van der Waals surface area contributed by atoms with Crippen LogP contribution < -0.4 is 5.73 Å². The summed E-state index contributed by atoms with van der Waals surface area (Å²) in [5, 5.41) is 2.80. The van der Waals surface area contributed by atoms with E-state index in [0.29, 0.717) is 22.2 Å². The van der Waals surface area contributed by atoms with Gasteiger partial charge in [0.15, 0.2) is 0 Å². The zero-order valence-electron chi connectivity index (χ0n) is 18.2. The van der Waals surface area contributed by atoms with Crippen LogP contribution in [0.15, 0.2) is 66.7 Å². The van der Waals surface area contributed by atoms with Crippen LogP contribution >= 0.6 is 23.2 Å². The first-order valence-electron chi connectivity index (χ1n) is 10.6. The summed E-state index contributed by atoms with van der Waals surface area (Å²) in [4.78, 5) is 12.3. The van der Waals surface area contributed by atoms with E-state index in [0.717, 1.165) is 32.9 Å². The number of carbonyl (C=O) groups excluding carboxylic acids is 1. The molecule has 5 rings (SSSR count). The second kappa shape index (κ2) is 8.26. The van der Waals surface area contributed by atoms with Crippen molar-refractivity contribution in [3.63, 3.8) is 0 Å². The summed E-state index contributed by atoms with van der Waals surface area (Å²) in [5.74, 6) is -0.460. The number of hydrogen-bond acceptors (Lipinski definition) is 1. The van der Waals surface area contributed by atoms with Gasteiger partial charge in [-0.05, 0) is 78.6 Å². The number of halogens is 2. The number of aromatic nitrogens is 1. The van der Waals surface area contributed by atoms with Gasteiger partial charge in [-0.3, -0.25) is 4.79 Å². The Morgan fingerprint density at radius 1 is 0.939 bits per heavy atom. The average Bonchev–Trinajstić information content (AvgIpc) is 3.09. The van der Waals surface area contributed by atoms with E-state index in [1.807, 2.05) is 36.4 Å². The van der Waals surface area contributed by atoms with Gasteiger partial charge >= 0.3 is 0 Å². The molecule has 33 heavy (non-hydrogen) atoms. The Kier molecular flexibility index (Phi) is 5.40. The van der Waals surface area contributed by atoms with E-state index in [9.17, 15) is 4.79 Å². The van der Waals surface area contributed by atoms with Crippen molar-refractivity contribution in [2.24, 2.45) is 5.73 Å². The highest BCUT2D eigenvalue weighted by Crippen LogP contribution is 2.39. The predicted octanol–water partition coefficient (Wildman–Crippen LogP) is 7.33. The molecule has 0 saturated carbocycles. The summed E-state index contributed by atoms with van der Waals surface area (Å²) in [7, 11) is 0. The lowest BCUT2D eigenvalue weighted by Gasteiger charge is -2.14. The summed E-state index contributed by atoms with van der Waals surface area (Å²) >= 11 is 13.0. The molecule has 0 unspecified atom stereocenters. The zero-order chi connectivity index (χ0) is 23.3. The van der Waals surface area contributed by atoms with Crippen LogP contribution in [0.25, 0.3) is 32.9 Å². The van der Waals surface area contributed by atoms with Crippen LogP contribution in [0, 0.1) is 19.9 Å². The molecule has 0 aliphatic heterocycles. The first kappa shape index (κ1) is 21.6. The number of hydrogen-bond donors (Lipinski definition) is 1. The van der Waals surface area contributed by atoms with Crippen molar-refractivity contribution in [2.75, 3.05) is 0 Å². The monoisotopic (exact) mass is 471 g/mol. The molecule has 0 bridgehead atoms. The highest BCUT2D eigenvalue weighted by Gasteiger charge is 2.19. The van der Waals surface area contributed by atoms with Crippen molar-refractivity contribution in [3.8, 4) is 11.1 Å². The predicted molar refractivity (Wildman–Crippen MR) is 137 cm³/mol. The van der Waals surface area contributed by atoms with Gasteiger partial charge in [-0.15, -0.1) is 0 Å². The number of nitrogens with two attached hydrogens (primary N) is 1. The molecule has 0 saturated heterocycles. The number of nitrogens with zero attached hydrogens (tertiary/aromatic N) is 1. The lowest BCUT2D eigenvalue weighted by atomic mass is 10.0. The van der Waals surface area contributed by atoms with Gasteiger partial charge < -0.3 is 10.3 Å². The first-order chi connectivity index (χ1) is 15.9. The number of primary amides is 1. The molecule has 0 aliphatic carbocycles. The number of carbonyl (C=O) groups is 1. The van der Waals surface area contributed by atoms with E-state index in [1.165, 1.54) is 16.7 Å². The van der Waals surface area contributed by atoms with E-state index < -0.39 is 5.91 Å². The molecule has 5 aromatic rings. The number of rotatable bonds is 4. The van der Waals surface area contributed by atoms with Crippen LogP contribution in [-0.2, 0) is 6.54 Å². The number of fused-ring (bicyclic) bond motifs is 3. The Bertz CT molecular complexity index is 1530. The molecule has 1 aromatic heterocycles. The van der Waals surface area contributed by atoms with Gasteiger partial charge in [0.05, 0.1) is 11.0 Å². The van der Waals surface area contributed by atoms with Crippen molar-refractivity contribution in [2.45, 2.75) is 20.4 Å². The highest BCUT2D eigenvalue weighted by atomic mass is 35.5. The third kappa shape index (κ3) is 3.58. The largest absolute Gasteiger partial charge is 0.366 e. The second-order valence-corrected chi connectivity index (χ2v) is 9.08. The van der Waals surface area contributed by atoms with Gasteiger partial charge in [-0.1, -0.05) is 53.5 Å². The minimum Gasteiger partial charge on any atom is -0.366 e. The maximum absolute atomic E-state index is 12.3. The van der Waals surface area contributed by atoms with Crippen LogP contribution in [0.4, 0.5) is 0 Å². The Balaban J connectivity index is 1.86. The SMILES string of the molecule is Cc1cccc(C)c1Cn1c2cc(-c3c(Cl)cccc3Cl)c[c]c2c2c(C(N)=O)cccc21. The molecule has 4 aromatic carbocycles. The molecule has 2 N–H and O–H groups in total. The third-order valence-corrected chi connectivity index (χ3v) is 6.90. The normalized spacial score (nSPS) is 11.4. The molecular formula is C28H21Cl2N2O. The second-order valence-electron chi connectivity index (χ2n) is 8.27. The fourth-order valence-electron chi connectivity index (χ4n) is 4.61. The Labute approximate surface area is 202 Å². The summed E-state index contributed by atoms with van der Waals surface area (Å²) in [6.07, 6.45) is 0. The zero-order valence-corrected chi connectivity index (χ0v) is 19.8. The van der Waals surface area contributed by atoms with E-state index in [1.54, 1.807) is 6.07 Å². The Hall–Kier alpha value is -3.27. The molecule has 163 valence electrons. The van der Waals surface area contributed by atoms with Gasteiger partial charge in [-0.2, -0.15) is 0 Å². The van der Waals surface area contributed by atoms with Crippen LogP contribution in [0.3, 0.4) is 0 Å². The molecule has 1 heterocycles. The van der Waals surface area contributed by atoms with Crippen molar-refractivity contribution >= 4 is 50.9 Å². The van der Waals surface area contributed by atoms with Crippen molar-refractivity contribution < 1.29 is 4.79 Å². The molecule has 0 atom stereocenters. The number of amides is 1. The van der Waals surface area contributed by atoms with Gasteiger partial charge in [0.2, 0.25) is 5.91 Å². The Morgan fingerprint density at radius 3 is 2.24 bits per heavy atom. The number of benzene rings is 4. The van der Waals surface area contributed by atoms with Crippen molar-refractivity contribution in [1.29, 1.82) is 0 Å². The Morgan fingerprint density at radius 2 is 1.58 bits per heavy atom. The fraction of sp³-hybridized carbons (Fsp3) is 0.107. The molecule has 0 aliphatic rings. The lowest BCUT2D eigenvalue weighted by molar-refractivity contribution is 0.100. The summed E-state index contributed by atoms with van der Waals surface area (Å²) < 4.78 is 2.22. The molecule has 3 nitrogen and oxygen atoms in total. The van der Waals surface area contributed by atoms with E-state index in [-0.39, 0.29) is 0 Å². The molecule has 1 radical (unpaired) electrons. The maximum atomic E-state index is 12.3. The standard InChI is InChI=1S/C28H21Cl2N2O/c1-16-6-3-7-17(2)21(16)15-32-24-11-4-8-20(28(31)33)27(24)19-13-12-18(14-25(19)32)26-22(29)9-5-10-23(26)30/h3-12,14H,15H2,1-2H3,(H2,31,33). The minimum atomic E-state index is -0.460. The topological polar surface area (TPSA) is 48.0 Å². The molecule has 0 fully saturated rings.